The van der Waals surface area contributed by atoms with Gasteiger partial charge in [0.25, 0.3) is 0 Å². The first kappa shape index (κ1) is 15.3. The highest BCUT2D eigenvalue weighted by Crippen LogP contribution is 2.28. The van der Waals surface area contributed by atoms with Crippen molar-refractivity contribution in [2.45, 2.75) is 13.2 Å². The van der Waals surface area contributed by atoms with Gasteiger partial charge in [-0.05, 0) is 46.7 Å². The highest BCUT2D eigenvalue weighted by Gasteiger charge is 2.08. The number of halogens is 3. The second kappa shape index (κ2) is 7.07. The lowest BCUT2D eigenvalue weighted by Gasteiger charge is -2.11. The molecule has 0 aliphatic carbocycles. The molecule has 2 rings (SSSR count). The van der Waals surface area contributed by atoms with E-state index < -0.39 is 0 Å². The summed E-state index contributed by atoms with van der Waals surface area (Å²) in [5, 5.41) is 3.60. The predicted molar refractivity (Wildman–Crippen MR) is 82.6 cm³/mol. The van der Waals surface area contributed by atoms with Crippen molar-refractivity contribution in [3.63, 3.8) is 0 Å². The van der Waals surface area contributed by atoms with Crippen LogP contribution in [0.5, 0.6) is 5.75 Å². The van der Waals surface area contributed by atoms with Crippen molar-refractivity contribution < 1.29 is 9.13 Å². The summed E-state index contributed by atoms with van der Waals surface area (Å²) >= 11 is 9.37. The molecule has 0 saturated heterocycles. The summed E-state index contributed by atoms with van der Waals surface area (Å²) in [7, 11) is 1.87. The molecule has 0 aliphatic heterocycles. The fraction of sp³-hybridized carbons (Fsp3) is 0.200. The Morgan fingerprint density at radius 1 is 1.30 bits per heavy atom. The molecule has 0 amide bonds. The first-order chi connectivity index (χ1) is 9.61. The zero-order valence-corrected chi connectivity index (χ0v) is 13.3. The maximum atomic E-state index is 13.4. The highest BCUT2D eigenvalue weighted by molar-refractivity contribution is 9.10. The fourth-order valence-corrected chi connectivity index (χ4v) is 2.43. The van der Waals surface area contributed by atoms with E-state index in [0.717, 1.165) is 17.7 Å². The Hall–Kier alpha value is -1.10. The molecule has 2 aromatic carbocycles. The van der Waals surface area contributed by atoms with Gasteiger partial charge in [-0.1, -0.05) is 29.8 Å². The molecule has 20 heavy (non-hydrogen) atoms. The van der Waals surface area contributed by atoms with Crippen LogP contribution in [-0.2, 0) is 13.2 Å². The quantitative estimate of drug-likeness (QED) is 0.847. The van der Waals surface area contributed by atoms with Crippen LogP contribution in [0.15, 0.2) is 40.9 Å². The fourth-order valence-electron chi connectivity index (χ4n) is 1.79. The van der Waals surface area contributed by atoms with E-state index >= 15 is 0 Å². The Morgan fingerprint density at radius 3 is 2.80 bits per heavy atom. The number of nitrogens with one attached hydrogen (secondary N) is 1. The molecule has 5 heteroatoms. The van der Waals surface area contributed by atoms with E-state index in [1.54, 1.807) is 12.1 Å². The molecule has 0 heterocycles. The van der Waals surface area contributed by atoms with Crippen molar-refractivity contribution in [2.24, 2.45) is 0 Å². The van der Waals surface area contributed by atoms with Gasteiger partial charge in [0, 0.05) is 12.1 Å². The molecule has 0 unspecified atom stereocenters. The van der Waals surface area contributed by atoms with Gasteiger partial charge in [0.05, 0.1) is 9.50 Å². The van der Waals surface area contributed by atoms with Crippen molar-refractivity contribution in [2.75, 3.05) is 7.05 Å². The second-order valence-corrected chi connectivity index (χ2v) is 5.50. The Balaban J connectivity index is 2.09. The molecule has 0 aliphatic rings. The smallest absolute Gasteiger partial charge is 0.138 e. The summed E-state index contributed by atoms with van der Waals surface area (Å²) in [6, 6.07) is 10.5. The van der Waals surface area contributed by atoms with E-state index in [4.69, 9.17) is 16.3 Å². The average molecular weight is 359 g/mol. The maximum absolute atomic E-state index is 13.4. The van der Waals surface area contributed by atoms with Crippen molar-refractivity contribution in [3.8, 4) is 5.75 Å². The van der Waals surface area contributed by atoms with Gasteiger partial charge < -0.3 is 10.1 Å². The predicted octanol–water partition coefficient (Wildman–Crippen LogP) is 4.54. The topological polar surface area (TPSA) is 21.3 Å². The summed E-state index contributed by atoms with van der Waals surface area (Å²) in [6.45, 7) is 0.999. The summed E-state index contributed by atoms with van der Waals surface area (Å²) in [6.07, 6.45) is 0. The molecule has 0 atom stereocenters. The monoisotopic (exact) mass is 357 g/mol. The van der Waals surface area contributed by atoms with Crippen LogP contribution in [0.3, 0.4) is 0 Å². The van der Waals surface area contributed by atoms with Crippen molar-refractivity contribution >= 4 is 27.5 Å². The molecular formula is C15H14BrClFNO. The molecule has 0 spiro atoms. The number of hydrogen-bond donors (Lipinski definition) is 1. The van der Waals surface area contributed by atoms with Crippen LogP contribution in [0.4, 0.5) is 4.39 Å². The van der Waals surface area contributed by atoms with E-state index in [1.807, 2.05) is 25.2 Å². The minimum absolute atomic E-state index is 0.253. The summed E-state index contributed by atoms with van der Waals surface area (Å²) in [5.41, 5.74) is 1.82. The van der Waals surface area contributed by atoms with Gasteiger partial charge in [-0.15, -0.1) is 0 Å². The average Bonchev–Trinajstić information content (AvgIpc) is 2.42. The van der Waals surface area contributed by atoms with E-state index in [9.17, 15) is 4.39 Å². The van der Waals surface area contributed by atoms with E-state index in [1.165, 1.54) is 6.07 Å². The van der Waals surface area contributed by atoms with E-state index in [2.05, 4.69) is 21.2 Å². The molecular weight excluding hydrogens is 345 g/mol. The first-order valence-corrected chi connectivity index (χ1v) is 7.27. The number of rotatable bonds is 5. The third-order valence-corrected chi connectivity index (χ3v) is 3.98. The molecule has 106 valence electrons. The van der Waals surface area contributed by atoms with Crippen LogP contribution < -0.4 is 10.1 Å². The van der Waals surface area contributed by atoms with Crippen LogP contribution in [0.25, 0.3) is 0 Å². The van der Waals surface area contributed by atoms with E-state index in [-0.39, 0.29) is 12.4 Å². The molecule has 0 bridgehead atoms. The largest absolute Gasteiger partial charge is 0.487 e. The lowest BCUT2D eigenvalue weighted by atomic mass is 10.2. The molecule has 0 radical (unpaired) electrons. The Bertz CT molecular complexity index is 606. The van der Waals surface area contributed by atoms with Crippen LogP contribution in [0.1, 0.15) is 11.1 Å². The second-order valence-electron chi connectivity index (χ2n) is 4.30. The molecule has 0 fully saturated rings. The van der Waals surface area contributed by atoms with Crippen molar-refractivity contribution in [1.82, 2.24) is 5.32 Å². The van der Waals surface area contributed by atoms with Gasteiger partial charge >= 0.3 is 0 Å². The molecule has 2 nitrogen and oxygen atoms in total. The molecule has 1 N–H and O–H groups in total. The van der Waals surface area contributed by atoms with Crippen LogP contribution >= 0.6 is 27.5 Å². The van der Waals surface area contributed by atoms with Crippen molar-refractivity contribution in [1.29, 1.82) is 0 Å². The number of benzene rings is 2. The highest BCUT2D eigenvalue weighted by atomic mass is 79.9. The zero-order chi connectivity index (χ0) is 14.5. The van der Waals surface area contributed by atoms with Crippen LogP contribution in [0.2, 0.25) is 5.02 Å². The SMILES string of the molecule is CNCc1ccc(OCc2cccc(F)c2Br)c(Cl)c1. The van der Waals surface area contributed by atoms with Crippen LogP contribution in [-0.4, -0.2) is 7.05 Å². The molecule has 2 aromatic rings. The third-order valence-electron chi connectivity index (χ3n) is 2.79. The van der Waals surface area contributed by atoms with E-state index in [0.29, 0.717) is 15.2 Å². The number of hydrogen-bond acceptors (Lipinski definition) is 2. The lowest BCUT2D eigenvalue weighted by molar-refractivity contribution is 0.305. The van der Waals surface area contributed by atoms with Gasteiger partial charge in [-0.3, -0.25) is 0 Å². The zero-order valence-electron chi connectivity index (χ0n) is 10.9. The van der Waals surface area contributed by atoms with Gasteiger partial charge in [0.1, 0.15) is 18.2 Å². The normalized spacial score (nSPS) is 10.6. The Kier molecular flexibility index (Phi) is 5.40. The summed E-state index contributed by atoms with van der Waals surface area (Å²) in [4.78, 5) is 0. The standard InChI is InChI=1S/C15H14BrClFNO/c1-19-8-10-5-6-14(12(17)7-10)20-9-11-3-2-4-13(18)15(11)16/h2-7,19H,8-9H2,1H3. The van der Waals surface area contributed by atoms with Crippen LogP contribution in [0, 0.1) is 5.82 Å². The van der Waals surface area contributed by atoms with Crippen molar-refractivity contribution in [3.05, 3.63) is 62.8 Å². The van der Waals surface area contributed by atoms with Gasteiger partial charge in [-0.25, -0.2) is 4.39 Å². The first-order valence-electron chi connectivity index (χ1n) is 6.10. The number of ether oxygens (including phenoxy) is 1. The van der Waals surface area contributed by atoms with Gasteiger partial charge in [0.15, 0.2) is 0 Å². The Labute approximate surface area is 131 Å². The third kappa shape index (κ3) is 3.72. The van der Waals surface area contributed by atoms with Gasteiger partial charge in [-0.2, -0.15) is 0 Å². The molecule has 0 saturated carbocycles. The summed E-state index contributed by atoms with van der Waals surface area (Å²) < 4.78 is 19.4. The summed E-state index contributed by atoms with van der Waals surface area (Å²) in [5.74, 6) is 0.282. The minimum atomic E-state index is -0.304. The lowest BCUT2D eigenvalue weighted by Crippen LogP contribution is -2.05. The minimum Gasteiger partial charge on any atom is -0.487 e. The van der Waals surface area contributed by atoms with Gasteiger partial charge in [0.2, 0.25) is 0 Å². The molecule has 0 aromatic heterocycles. The maximum Gasteiger partial charge on any atom is 0.138 e. The Morgan fingerprint density at radius 2 is 2.10 bits per heavy atom.